The van der Waals surface area contributed by atoms with Crippen LogP contribution in [0.25, 0.3) is 0 Å². The van der Waals surface area contributed by atoms with Gasteiger partial charge in [0.15, 0.2) is 0 Å². The van der Waals surface area contributed by atoms with Crippen LogP contribution in [0.1, 0.15) is 54.7 Å². The Kier molecular flexibility index (Phi) is 10.1. The quantitative estimate of drug-likeness (QED) is 0.305. The maximum absolute atomic E-state index is 11.8. The van der Waals surface area contributed by atoms with Crippen molar-refractivity contribution in [3.05, 3.63) is 101 Å². The zero-order valence-corrected chi connectivity index (χ0v) is 21.4. The number of aliphatic hydroxyl groups is 2. The van der Waals surface area contributed by atoms with E-state index in [0.717, 1.165) is 23.1 Å². The molecule has 0 aliphatic heterocycles. The molecule has 0 aliphatic rings. The normalized spacial score (nSPS) is 12.2. The summed E-state index contributed by atoms with van der Waals surface area (Å²) in [6, 6.07) is 23.2. The summed E-state index contributed by atoms with van der Waals surface area (Å²) >= 11 is 0. The van der Waals surface area contributed by atoms with Crippen LogP contribution in [0.3, 0.4) is 0 Å². The number of esters is 1. The van der Waals surface area contributed by atoms with Crippen LogP contribution in [0, 0.1) is 0 Å². The molecule has 0 saturated heterocycles. The van der Waals surface area contributed by atoms with Gasteiger partial charge in [-0.25, -0.2) is 0 Å². The molecule has 0 spiro atoms. The topological polar surface area (TPSA) is 88.0 Å². The van der Waals surface area contributed by atoms with E-state index in [1.165, 1.54) is 0 Å². The molecule has 36 heavy (non-hydrogen) atoms. The number of hydrogen-bond donors (Lipinski definition) is 3. The third-order valence-corrected chi connectivity index (χ3v) is 5.94. The average molecular weight is 492 g/mol. The molecule has 192 valence electrons. The molecule has 6 nitrogen and oxygen atoms in total. The zero-order chi connectivity index (χ0) is 26.0. The van der Waals surface area contributed by atoms with Crippen molar-refractivity contribution in [2.75, 3.05) is 13.2 Å². The summed E-state index contributed by atoms with van der Waals surface area (Å²) in [5, 5.41) is 24.1. The number of hydrogen-bond acceptors (Lipinski definition) is 6. The van der Waals surface area contributed by atoms with Gasteiger partial charge in [-0.05, 0) is 61.6 Å². The van der Waals surface area contributed by atoms with E-state index in [-0.39, 0.29) is 24.5 Å². The van der Waals surface area contributed by atoms with Crippen molar-refractivity contribution >= 4 is 5.97 Å². The molecule has 0 aliphatic carbocycles. The molecular formula is C30H37NO5. The van der Waals surface area contributed by atoms with E-state index >= 15 is 0 Å². The molecule has 0 fully saturated rings. The van der Waals surface area contributed by atoms with E-state index in [1.54, 1.807) is 19.1 Å². The second-order valence-electron chi connectivity index (χ2n) is 9.56. The minimum absolute atomic E-state index is 0.175. The molecule has 0 unspecified atom stereocenters. The first-order valence-electron chi connectivity index (χ1n) is 12.4. The molecule has 0 aromatic heterocycles. The molecule has 6 heteroatoms. The van der Waals surface area contributed by atoms with Crippen LogP contribution in [0.15, 0.2) is 72.8 Å². The van der Waals surface area contributed by atoms with Gasteiger partial charge in [-0.2, -0.15) is 0 Å². The van der Waals surface area contributed by atoms with Crippen molar-refractivity contribution in [1.29, 1.82) is 0 Å². The largest absolute Gasteiger partial charge is 0.489 e. The Morgan fingerprint density at radius 1 is 0.972 bits per heavy atom. The van der Waals surface area contributed by atoms with E-state index in [2.05, 4.69) is 19.2 Å². The van der Waals surface area contributed by atoms with Gasteiger partial charge in [-0.1, -0.05) is 60.7 Å². The Morgan fingerprint density at radius 2 is 1.69 bits per heavy atom. The van der Waals surface area contributed by atoms with Crippen molar-refractivity contribution in [1.82, 2.24) is 5.32 Å². The molecule has 3 N–H and O–H groups in total. The SMILES string of the molecule is CCOC(=O)Cc1cccc(CC(C)(C)NC[C@H](O)c2ccc(OCc3ccccc3)c(CO)c2)c1. The summed E-state index contributed by atoms with van der Waals surface area (Å²) in [5.41, 5.74) is 4.13. The third kappa shape index (κ3) is 8.48. The van der Waals surface area contributed by atoms with Gasteiger partial charge in [-0.15, -0.1) is 0 Å². The number of aliphatic hydroxyl groups excluding tert-OH is 2. The lowest BCUT2D eigenvalue weighted by Gasteiger charge is -2.28. The van der Waals surface area contributed by atoms with Gasteiger partial charge in [0.05, 0.1) is 25.7 Å². The highest BCUT2D eigenvalue weighted by Gasteiger charge is 2.21. The monoisotopic (exact) mass is 491 g/mol. The molecule has 0 bridgehead atoms. The first-order valence-corrected chi connectivity index (χ1v) is 12.4. The highest BCUT2D eigenvalue weighted by Crippen LogP contribution is 2.25. The van der Waals surface area contributed by atoms with Crippen LogP contribution < -0.4 is 10.1 Å². The fourth-order valence-corrected chi connectivity index (χ4v) is 4.10. The standard InChI is InChI=1S/C30H37NO5/c1-4-35-29(34)16-23-11-8-12-24(15-23)18-30(2,3)31-19-27(33)25-13-14-28(26(17-25)20-32)36-21-22-9-6-5-7-10-22/h5-15,17,27,31-33H,4,16,18-21H2,1-3H3/t27-/m0/s1. The van der Waals surface area contributed by atoms with Crippen molar-refractivity contribution in [3.63, 3.8) is 0 Å². The summed E-state index contributed by atoms with van der Waals surface area (Å²) in [6.45, 7) is 6.93. The fraction of sp³-hybridized carbons (Fsp3) is 0.367. The first kappa shape index (κ1) is 27.4. The lowest BCUT2D eigenvalue weighted by molar-refractivity contribution is -0.142. The number of carbonyl (C=O) groups excluding carboxylic acids is 1. The lowest BCUT2D eigenvalue weighted by Crippen LogP contribution is -2.43. The highest BCUT2D eigenvalue weighted by molar-refractivity contribution is 5.72. The van der Waals surface area contributed by atoms with Gasteiger partial charge in [0.1, 0.15) is 12.4 Å². The smallest absolute Gasteiger partial charge is 0.310 e. The number of ether oxygens (including phenoxy) is 2. The van der Waals surface area contributed by atoms with Crippen molar-refractivity contribution < 1.29 is 24.5 Å². The van der Waals surface area contributed by atoms with Crippen molar-refractivity contribution in [2.24, 2.45) is 0 Å². The van der Waals surface area contributed by atoms with Crippen molar-refractivity contribution in [2.45, 2.75) is 58.5 Å². The molecule has 0 heterocycles. The average Bonchev–Trinajstić information content (AvgIpc) is 2.86. The lowest BCUT2D eigenvalue weighted by atomic mass is 9.93. The van der Waals surface area contributed by atoms with Gasteiger partial charge in [0.2, 0.25) is 0 Å². The molecule has 3 aromatic carbocycles. The van der Waals surface area contributed by atoms with Crippen LogP contribution in [-0.2, 0) is 35.6 Å². The van der Waals surface area contributed by atoms with Gasteiger partial charge in [0, 0.05) is 17.6 Å². The van der Waals surface area contributed by atoms with Gasteiger partial charge >= 0.3 is 5.97 Å². The Hall–Kier alpha value is -3.19. The Labute approximate surface area is 213 Å². The summed E-state index contributed by atoms with van der Waals surface area (Å²) in [7, 11) is 0. The predicted octanol–water partition coefficient (Wildman–Crippen LogP) is 4.51. The van der Waals surface area contributed by atoms with Crippen LogP contribution in [-0.4, -0.2) is 34.9 Å². The predicted molar refractivity (Wildman–Crippen MR) is 141 cm³/mol. The summed E-state index contributed by atoms with van der Waals surface area (Å²) in [6.07, 6.45) is 0.240. The number of benzene rings is 3. The van der Waals surface area contributed by atoms with Crippen molar-refractivity contribution in [3.8, 4) is 5.75 Å². The molecule has 3 rings (SSSR count). The fourth-order valence-electron chi connectivity index (χ4n) is 4.10. The van der Waals surface area contributed by atoms with Crippen LogP contribution in [0.4, 0.5) is 0 Å². The Bertz CT molecular complexity index is 1110. The summed E-state index contributed by atoms with van der Waals surface area (Å²) in [5.74, 6) is 0.377. The zero-order valence-electron chi connectivity index (χ0n) is 21.4. The minimum Gasteiger partial charge on any atom is -0.489 e. The van der Waals surface area contributed by atoms with Gasteiger partial charge in [0.25, 0.3) is 0 Å². The maximum Gasteiger partial charge on any atom is 0.310 e. The molecule has 0 saturated carbocycles. The number of carbonyl (C=O) groups is 1. The third-order valence-electron chi connectivity index (χ3n) is 5.94. The number of rotatable bonds is 13. The minimum atomic E-state index is -0.743. The Morgan fingerprint density at radius 3 is 2.42 bits per heavy atom. The van der Waals surface area contributed by atoms with E-state index in [1.807, 2.05) is 60.7 Å². The first-order chi connectivity index (χ1) is 17.3. The highest BCUT2D eigenvalue weighted by atomic mass is 16.5. The Balaban J connectivity index is 1.57. The molecule has 3 aromatic rings. The van der Waals surface area contributed by atoms with E-state index in [9.17, 15) is 15.0 Å². The molecule has 1 atom stereocenters. The van der Waals surface area contributed by atoms with Gasteiger partial charge in [-0.3, -0.25) is 4.79 Å². The molecule has 0 amide bonds. The van der Waals surface area contributed by atoms with E-state index in [4.69, 9.17) is 9.47 Å². The summed E-state index contributed by atoms with van der Waals surface area (Å²) in [4.78, 5) is 11.8. The molecule has 0 radical (unpaired) electrons. The number of nitrogens with one attached hydrogen (secondary N) is 1. The van der Waals surface area contributed by atoms with Gasteiger partial charge < -0.3 is 25.0 Å². The van der Waals surface area contributed by atoms with E-state index < -0.39 is 6.10 Å². The second kappa shape index (κ2) is 13.2. The maximum atomic E-state index is 11.8. The molecular weight excluding hydrogens is 454 g/mol. The van der Waals surface area contributed by atoms with Crippen LogP contribution >= 0.6 is 0 Å². The second-order valence-corrected chi connectivity index (χ2v) is 9.56. The van der Waals surface area contributed by atoms with Crippen LogP contribution in [0.2, 0.25) is 0 Å². The number of β-amino-alcohol motifs (C(OH)–C–C–N with tert-alkyl or cyclic N) is 1. The van der Waals surface area contributed by atoms with E-state index in [0.29, 0.717) is 36.6 Å². The van der Waals surface area contributed by atoms with Crippen LogP contribution in [0.5, 0.6) is 5.75 Å². The summed E-state index contributed by atoms with van der Waals surface area (Å²) < 4.78 is 10.9.